The van der Waals surface area contributed by atoms with Gasteiger partial charge in [-0.3, -0.25) is 4.79 Å². The third kappa shape index (κ3) is 4.25. The van der Waals surface area contributed by atoms with Gasteiger partial charge in [-0.2, -0.15) is 39.5 Å². The summed E-state index contributed by atoms with van der Waals surface area (Å²) >= 11 is 0. The van der Waals surface area contributed by atoms with Gasteiger partial charge in [0.15, 0.2) is 0 Å². The molecule has 12 heteroatoms. The van der Waals surface area contributed by atoms with Gasteiger partial charge in [-0.1, -0.05) is 18.2 Å². The summed E-state index contributed by atoms with van der Waals surface area (Å²) in [6, 6.07) is 12.1. The van der Waals surface area contributed by atoms with E-state index in [1.807, 2.05) is 0 Å². The third-order valence-electron chi connectivity index (χ3n) is 3.52. The molecule has 0 spiro atoms. The van der Waals surface area contributed by atoms with Crippen LogP contribution in [-0.4, -0.2) is 29.9 Å². The minimum absolute atomic E-state index is 0.134. The van der Waals surface area contributed by atoms with E-state index in [0.29, 0.717) is 5.75 Å². The van der Waals surface area contributed by atoms with Gasteiger partial charge in [-0.25, -0.2) is 0 Å². The summed E-state index contributed by atoms with van der Waals surface area (Å²) in [6.45, 7) is 0. The van der Waals surface area contributed by atoms with Crippen molar-refractivity contribution in [1.82, 2.24) is 0 Å². The molecule has 0 saturated carbocycles. The molecule has 0 fully saturated rings. The molecule has 0 saturated heterocycles. The summed E-state index contributed by atoms with van der Waals surface area (Å²) in [6.07, 6.45) is -7.00. The molecule has 0 unspecified atom stereocenters. The SMILES string of the molecule is O=C(Nc1ccc(Oc2ccccc2)cc1)C(F)(F)C(F)(F)C(F)(F)C(F)(F)F. The van der Waals surface area contributed by atoms with Crippen LogP contribution in [0.5, 0.6) is 11.5 Å². The number of rotatable bonds is 6. The van der Waals surface area contributed by atoms with Crippen LogP contribution in [0.3, 0.4) is 0 Å². The molecule has 0 aliphatic carbocycles. The van der Waals surface area contributed by atoms with Crippen LogP contribution in [0.1, 0.15) is 0 Å². The number of amides is 1. The Kier molecular flexibility index (Phi) is 5.77. The van der Waals surface area contributed by atoms with Gasteiger partial charge in [0.25, 0.3) is 0 Å². The van der Waals surface area contributed by atoms with Crippen LogP contribution in [0.2, 0.25) is 0 Å². The fourth-order valence-corrected chi connectivity index (χ4v) is 1.96. The molecule has 0 aliphatic heterocycles. The third-order valence-corrected chi connectivity index (χ3v) is 3.52. The number of nitrogens with one attached hydrogen (secondary N) is 1. The van der Waals surface area contributed by atoms with E-state index >= 15 is 0 Å². The van der Waals surface area contributed by atoms with Crippen molar-refractivity contribution in [2.45, 2.75) is 23.9 Å². The smallest absolute Gasteiger partial charge is 0.457 e. The van der Waals surface area contributed by atoms with E-state index in [2.05, 4.69) is 0 Å². The molecule has 158 valence electrons. The van der Waals surface area contributed by atoms with Crippen LogP contribution in [-0.2, 0) is 4.79 Å². The zero-order chi connectivity index (χ0) is 22.1. The van der Waals surface area contributed by atoms with E-state index in [1.165, 1.54) is 5.32 Å². The number of halogens is 9. The maximum absolute atomic E-state index is 13.5. The monoisotopic (exact) mass is 431 g/mol. The Hall–Kier alpha value is -2.92. The van der Waals surface area contributed by atoms with Gasteiger partial charge in [0.2, 0.25) is 0 Å². The summed E-state index contributed by atoms with van der Waals surface area (Å²) in [4.78, 5) is 11.4. The molecule has 3 nitrogen and oxygen atoms in total. The van der Waals surface area contributed by atoms with Gasteiger partial charge in [-0.05, 0) is 36.4 Å². The summed E-state index contributed by atoms with van der Waals surface area (Å²) < 4.78 is 121. The van der Waals surface area contributed by atoms with E-state index < -0.39 is 35.5 Å². The number of hydrogen-bond donors (Lipinski definition) is 1. The first-order valence-corrected chi connectivity index (χ1v) is 7.55. The fraction of sp³-hybridized carbons (Fsp3) is 0.235. The van der Waals surface area contributed by atoms with Crippen molar-refractivity contribution in [3.05, 3.63) is 54.6 Å². The van der Waals surface area contributed by atoms with Crippen molar-refractivity contribution in [3.8, 4) is 11.5 Å². The van der Waals surface area contributed by atoms with Crippen LogP contribution >= 0.6 is 0 Å². The first-order chi connectivity index (χ1) is 13.2. The number of ether oxygens (including phenoxy) is 1. The molecule has 2 aromatic rings. The van der Waals surface area contributed by atoms with Crippen molar-refractivity contribution in [2.75, 3.05) is 5.32 Å². The molecule has 0 aromatic heterocycles. The summed E-state index contributed by atoms with van der Waals surface area (Å²) in [5.41, 5.74) is -0.568. The number of hydrogen-bond acceptors (Lipinski definition) is 2. The molecular weight excluding hydrogens is 421 g/mol. The maximum Gasteiger partial charge on any atom is 0.460 e. The number of carbonyl (C=O) groups is 1. The second-order valence-electron chi connectivity index (χ2n) is 5.61. The Morgan fingerprint density at radius 2 is 1.17 bits per heavy atom. The Morgan fingerprint density at radius 1 is 0.690 bits per heavy atom. The van der Waals surface area contributed by atoms with Crippen LogP contribution in [0.25, 0.3) is 0 Å². The first-order valence-electron chi connectivity index (χ1n) is 7.55. The lowest BCUT2D eigenvalue weighted by molar-refractivity contribution is -0.388. The van der Waals surface area contributed by atoms with Gasteiger partial charge < -0.3 is 10.1 Å². The van der Waals surface area contributed by atoms with Crippen molar-refractivity contribution >= 4 is 11.6 Å². The van der Waals surface area contributed by atoms with Gasteiger partial charge >= 0.3 is 29.9 Å². The van der Waals surface area contributed by atoms with Crippen molar-refractivity contribution in [3.63, 3.8) is 0 Å². The minimum atomic E-state index is -7.14. The summed E-state index contributed by atoms with van der Waals surface area (Å²) in [5, 5.41) is 1.18. The van der Waals surface area contributed by atoms with E-state index in [1.54, 1.807) is 30.3 Å². The number of anilines is 1. The molecule has 0 aliphatic rings. The van der Waals surface area contributed by atoms with E-state index in [-0.39, 0.29) is 5.75 Å². The fourth-order valence-electron chi connectivity index (χ4n) is 1.96. The van der Waals surface area contributed by atoms with Gasteiger partial charge in [0.1, 0.15) is 11.5 Å². The largest absolute Gasteiger partial charge is 0.460 e. The highest BCUT2D eigenvalue weighted by atomic mass is 19.4. The Bertz CT molecular complexity index is 849. The summed E-state index contributed by atoms with van der Waals surface area (Å²) in [5.74, 6) is -23.1. The highest BCUT2D eigenvalue weighted by Gasteiger charge is 2.83. The zero-order valence-corrected chi connectivity index (χ0v) is 13.9. The van der Waals surface area contributed by atoms with E-state index in [4.69, 9.17) is 4.74 Å². The molecule has 2 aromatic carbocycles. The predicted molar refractivity (Wildman–Crippen MR) is 82.5 cm³/mol. The molecule has 0 heterocycles. The average molecular weight is 431 g/mol. The number of benzene rings is 2. The van der Waals surface area contributed by atoms with Crippen LogP contribution in [0.15, 0.2) is 54.6 Å². The van der Waals surface area contributed by atoms with E-state index in [9.17, 15) is 44.3 Å². The van der Waals surface area contributed by atoms with Crippen LogP contribution < -0.4 is 10.1 Å². The predicted octanol–water partition coefficient (Wildman–Crippen LogP) is 5.89. The molecule has 0 atom stereocenters. The number of carbonyl (C=O) groups excluding carboxylic acids is 1. The lowest BCUT2D eigenvalue weighted by Crippen LogP contribution is -2.64. The van der Waals surface area contributed by atoms with Gasteiger partial charge in [0, 0.05) is 5.69 Å². The minimum Gasteiger partial charge on any atom is -0.457 e. The highest BCUT2D eigenvalue weighted by molar-refractivity contribution is 5.97. The zero-order valence-electron chi connectivity index (χ0n) is 13.9. The standard InChI is InChI=1S/C17H10F9NO2/c18-14(19,15(20,21)16(22,23)17(24,25)26)13(28)27-10-6-8-12(9-7-10)29-11-4-2-1-3-5-11/h1-9H,(H,27,28). The van der Waals surface area contributed by atoms with Crippen LogP contribution in [0, 0.1) is 0 Å². The first kappa shape index (κ1) is 22.4. The molecular formula is C17H10F9NO2. The second kappa shape index (κ2) is 7.48. The Morgan fingerprint density at radius 3 is 1.66 bits per heavy atom. The normalized spacial score (nSPS) is 13.1. The maximum atomic E-state index is 13.5. The Balaban J connectivity index is 2.16. The molecule has 29 heavy (non-hydrogen) atoms. The number of para-hydroxylation sites is 1. The van der Waals surface area contributed by atoms with Gasteiger partial charge in [-0.15, -0.1) is 0 Å². The molecule has 1 amide bonds. The van der Waals surface area contributed by atoms with E-state index in [0.717, 1.165) is 24.3 Å². The topological polar surface area (TPSA) is 38.3 Å². The molecule has 1 N–H and O–H groups in total. The van der Waals surface area contributed by atoms with Crippen molar-refractivity contribution < 1.29 is 49.0 Å². The van der Waals surface area contributed by atoms with Crippen LogP contribution in [0.4, 0.5) is 45.2 Å². The highest BCUT2D eigenvalue weighted by Crippen LogP contribution is 2.53. The quantitative estimate of drug-likeness (QED) is 0.580. The summed E-state index contributed by atoms with van der Waals surface area (Å²) in [7, 11) is 0. The molecule has 0 bridgehead atoms. The number of alkyl halides is 9. The van der Waals surface area contributed by atoms with Crippen molar-refractivity contribution in [1.29, 1.82) is 0 Å². The molecule has 2 rings (SSSR count). The lowest BCUT2D eigenvalue weighted by Gasteiger charge is -2.32. The second-order valence-corrected chi connectivity index (χ2v) is 5.61. The Labute approximate surface area is 157 Å². The van der Waals surface area contributed by atoms with Crippen molar-refractivity contribution in [2.24, 2.45) is 0 Å². The average Bonchev–Trinajstić information content (AvgIpc) is 2.63. The molecule has 0 radical (unpaired) electrons. The lowest BCUT2D eigenvalue weighted by atomic mass is 10.0. The van der Waals surface area contributed by atoms with Gasteiger partial charge in [0.05, 0.1) is 0 Å².